The first kappa shape index (κ1) is 56.4. The summed E-state index contributed by atoms with van der Waals surface area (Å²) in [6.07, 6.45) is 7.48. The van der Waals surface area contributed by atoms with E-state index >= 15 is 0 Å². The topological polar surface area (TPSA) is 3.24 Å². The van der Waals surface area contributed by atoms with Gasteiger partial charge in [0.2, 0.25) is 0 Å². The molecular weight excluding hydrogens is 1130 g/mol. The molecule has 1 nitrogen and oxygen atoms in total. The summed E-state index contributed by atoms with van der Waals surface area (Å²) in [7, 11) is 0. The summed E-state index contributed by atoms with van der Waals surface area (Å²) in [6.45, 7) is 21.0. The molecule has 6 aliphatic rings. The molecule has 0 bridgehead atoms. The Morgan fingerprint density at radius 2 is 0.436 bits per heavy atom. The average Bonchev–Trinajstić information content (AvgIpc) is 1.53. The van der Waals surface area contributed by atoms with Gasteiger partial charge in [-0.05, 0) is 221 Å². The fraction of sp³-hybridized carbons (Fsp3) is 0.161. The van der Waals surface area contributed by atoms with Crippen LogP contribution in [-0.4, -0.2) is 0 Å². The maximum Gasteiger partial charge on any atom is 0.0725 e. The van der Waals surface area contributed by atoms with Crippen LogP contribution in [0.15, 0.2) is 273 Å². The molecule has 0 amide bonds. The monoisotopic (exact) mass is 1210 g/mol. The van der Waals surface area contributed by atoms with E-state index in [1.165, 1.54) is 150 Å². The van der Waals surface area contributed by atoms with Gasteiger partial charge < -0.3 is 4.90 Å². The molecule has 0 unspecified atom stereocenters. The number of anilines is 3. The molecule has 452 valence electrons. The van der Waals surface area contributed by atoms with Crippen LogP contribution in [0.4, 0.5) is 17.1 Å². The summed E-state index contributed by atoms with van der Waals surface area (Å²) in [6, 6.07) is 105. The van der Waals surface area contributed by atoms with Crippen molar-refractivity contribution in [3.8, 4) is 33.4 Å². The Bertz CT molecular complexity index is 4620. The molecule has 0 atom stereocenters. The molecule has 0 fully saturated rings. The number of hydrogen-bond donors (Lipinski definition) is 0. The Balaban J connectivity index is 0.800. The Morgan fingerprint density at radius 3 is 0.649 bits per heavy atom. The standard InChI is InChI=1S/C93H75N/c1-88(2,3)64-43-34-61-52-82(91(85(61)55-64)76-28-16-10-22-70(76)71-23-11-17-29-77(71)91)58-37-46-67(47-38-58)94(68-48-39-59(40-49-68)83-53-62-35-44-65(89(4,5)6)56-86(62)92(83)78-30-18-12-24-72(78)73-25-13-19-31-79(73)92)69-50-41-60(42-51-69)84-54-63-36-45-66(90(7,8)9)57-87(63)93(84)80-32-20-14-26-74(80)75-27-15-21-33-81(75)93/h10-57H,1-9H3. The third-order valence-corrected chi connectivity index (χ3v) is 22.2. The van der Waals surface area contributed by atoms with Gasteiger partial charge in [-0.1, -0.05) is 299 Å². The second kappa shape index (κ2) is 19.8. The van der Waals surface area contributed by atoms with Crippen LogP contribution in [0.5, 0.6) is 0 Å². The van der Waals surface area contributed by atoms with Crippen molar-refractivity contribution in [3.63, 3.8) is 0 Å². The number of hydrogen-bond acceptors (Lipinski definition) is 1. The Labute approximate surface area is 554 Å². The lowest BCUT2D eigenvalue weighted by molar-refractivity contribution is 0.588. The van der Waals surface area contributed by atoms with Crippen LogP contribution < -0.4 is 4.90 Å². The lowest BCUT2D eigenvalue weighted by Gasteiger charge is -2.35. The minimum absolute atomic E-state index is 0.0218. The molecule has 3 spiro atoms. The fourth-order valence-corrected chi connectivity index (χ4v) is 17.8. The van der Waals surface area contributed by atoms with E-state index in [4.69, 9.17) is 0 Å². The van der Waals surface area contributed by atoms with Crippen LogP contribution in [0.2, 0.25) is 0 Å². The smallest absolute Gasteiger partial charge is 0.0725 e. The SMILES string of the molecule is CC(C)(C)c1ccc2c(c1)C1(C(c3ccc(N(c4ccc(C5=Cc6ccc(C(C)(C)C)cc6C56c5ccccc5-c5ccccc56)cc4)c4ccc(C5=Cc6ccc(C(C)(C)C)cc6C56c5ccccc5-c5ccccc56)cc4)cc3)=C2)c2ccccc2-c2ccccc21. The van der Waals surface area contributed by atoms with Gasteiger partial charge in [0.1, 0.15) is 0 Å². The number of fused-ring (bicyclic) bond motifs is 21. The van der Waals surface area contributed by atoms with E-state index in [2.05, 4.69) is 358 Å². The molecule has 0 aromatic heterocycles. The first-order valence-corrected chi connectivity index (χ1v) is 33.8. The van der Waals surface area contributed by atoms with Gasteiger partial charge in [0, 0.05) is 17.1 Å². The van der Waals surface area contributed by atoms with Crippen LogP contribution in [0, 0.1) is 0 Å². The van der Waals surface area contributed by atoms with Crippen molar-refractivity contribution in [3.05, 3.63) is 373 Å². The summed E-state index contributed by atoms with van der Waals surface area (Å²) in [4.78, 5) is 2.48. The third kappa shape index (κ3) is 7.70. The largest absolute Gasteiger partial charge is 0.311 e. The summed E-state index contributed by atoms with van der Waals surface area (Å²) in [5.41, 5.74) is 37.2. The first-order valence-electron chi connectivity index (χ1n) is 33.8. The van der Waals surface area contributed by atoms with Crippen LogP contribution in [0.25, 0.3) is 68.3 Å². The molecule has 6 aliphatic carbocycles. The van der Waals surface area contributed by atoms with E-state index in [-0.39, 0.29) is 16.2 Å². The molecule has 1 heteroatoms. The summed E-state index contributed by atoms with van der Waals surface area (Å²) in [5, 5.41) is 0. The predicted octanol–water partition coefficient (Wildman–Crippen LogP) is 23.7. The number of allylic oxidation sites excluding steroid dienone is 3. The van der Waals surface area contributed by atoms with E-state index in [1.807, 2.05) is 0 Å². The molecule has 0 N–H and O–H groups in total. The third-order valence-electron chi connectivity index (χ3n) is 22.2. The highest BCUT2D eigenvalue weighted by molar-refractivity contribution is 6.09. The average molecular weight is 1210 g/mol. The Kier molecular flexibility index (Phi) is 11.9. The molecule has 0 aliphatic heterocycles. The van der Waals surface area contributed by atoms with E-state index < -0.39 is 16.2 Å². The Morgan fingerprint density at radius 1 is 0.223 bits per heavy atom. The highest BCUT2D eigenvalue weighted by Crippen LogP contribution is 2.66. The molecule has 12 aromatic carbocycles. The minimum Gasteiger partial charge on any atom is -0.311 e. The van der Waals surface area contributed by atoms with E-state index in [0.29, 0.717) is 0 Å². The lowest BCUT2D eigenvalue weighted by Crippen LogP contribution is -2.27. The van der Waals surface area contributed by atoms with Crippen LogP contribution >= 0.6 is 0 Å². The minimum atomic E-state index is -0.488. The zero-order chi connectivity index (χ0) is 63.8. The maximum absolute atomic E-state index is 2.52. The van der Waals surface area contributed by atoms with Gasteiger partial charge in [0.05, 0.1) is 16.2 Å². The predicted molar refractivity (Wildman–Crippen MR) is 395 cm³/mol. The number of rotatable bonds is 6. The van der Waals surface area contributed by atoms with Gasteiger partial charge in [-0.3, -0.25) is 0 Å². The van der Waals surface area contributed by atoms with Gasteiger partial charge in [-0.15, -0.1) is 0 Å². The second-order valence-corrected chi connectivity index (χ2v) is 30.3. The van der Waals surface area contributed by atoms with Gasteiger partial charge >= 0.3 is 0 Å². The van der Waals surface area contributed by atoms with Crippen molar-refractivity contribution in [2.75, 3.05) is 4.90 Å². The lowest BCUT2D eigenvalue weighted by atomic mass is 9.67. The molecule has 94 heavy (non-hydrogen) atoms. The van der Waals surface area contributed by atoms with Gasteiger partial charge in [0.25, 0.3) is 0 Å². The first-order chi connectivity index (χ1) is 45.5. The van der Waals surface area contributed by atoms with E-state index in [0.717, 1.165) is 17.1 Å². The van der Waals surface area contributed by atoms with Crippen molar-refractivity contribution in [1.82, 2.24) is 0 Å². The second-order valence-electron chi connectivity index (χ2n) is 30.3. The molecule has 0 heterocycles. The van der Waals surface area contributed by atoms with Crippen molar-refractivity contribution in [1.29, 1.82) is 0 Å². The molecule has 0 saturated carbocycles. The molecule has 0 saturated heterocycles. The van der Waals surface area contributed by atoms with Crippen molar-refractivity contribution in [2.24, 2.45) is 0 Å². The van der Waals surface area contributed by atoms with E-state index in [1.54, 1.807) is 0 Å². The zero-order valence-corrected chi connectivity index (χ0v) is 55.2. The summed E-state index contributed by atoms with van der Waals surface area (Å²) >= 11 is 0. The fourth-order valence-electron chi connectivity index (χ4n) is 17.8. The Hall–Kier alpha value is -10.3. The van der Waals surface area contributed by atoms with Crippen LogP contribution in [-0.2, 0) is 32.5 Å². The van der Waals surface area contributed by atoms with E-state index in [9.17, 15) is 0 Å². The highest BCUT2D eigenvalue weighted by atomic mass is 15.1. The molecule has 18 rings (SSSR count). The van der Waals surface area contributed by atoms with Crippen LogP contribution in [0.3, 0.4) is 0 Å². The van der Waals surface area contributed by atoms with Crippen molar-refractivity contribution >= 4 is 52.0 Å². The quantitative estimate of drug-likeness (QED) is 0.160. The summed E-state index contributed by atoms with van der Waals surface area (Å²) in [5.74, 6) is 0. The van der Waals surface area contributed by atoms with Crippen LogP contribution in [0.1, 0.15) is 162 Å². The highest BCUT2D eigenvalue weighted by Gasteiger charge is 2.54. The maximum atomic E-state index is 2.52. The van der Waals surface area contributed by atoms with Gasteiger partial charge in [0.15, 0.2) is 0 Å². The van der Waals surface area contributed by atoms with Crippen molar-refractivity contribution < 1.29 is 0 Å². The number of benzene rings is 12. The number of nitrogens with zero attached hydrogens (tertiary/aromatic N) is 1. The summed E-state index contributed by atoms with van der Waals surface area (Å²) < 4.78 is 0. The normalized spacial score (nSPS) is 15.7. The molecule has 0 radical (unpaired) electrons. The van der Waals surface area contributed by atoms with Gasteiger partial charge in [-0.2, -0.15) is 0 Å². The molecule has 12 aromatic rings. The van der Waals surface area contributed by atoms with Gasteiger partial charge in [-0.25, -0.2) is 0 Å². The molecular formula is C93H75N. The van der Waals surface area contributed by atoms with Crippen molar-refractivity contribution in [2.45, 2.75) is 94.8 Å². The zero-order valence-electron chi connectivity index (χ0n) is 55.2.